The zero-order chi connectivity index (χ0) is 20.6. The first-order chi connectivity index (χ1) is 14.1. The second-order valence-corrected chi connectivity index (χ2v) is 7.98. The van der Waals surface area contributed by atoms with Crippen LogP contribution in [0, 0.1) is 0 Å². The van der Waals surface area contributed by atoms with Gasteiger partial charge in [0.2, 0.25) is 5.91 Å². The van der Waals surface area contributed by atoms with Gasteiger partial charge >= 0.3 is 0 Å². The van der Waals surface area contributed by atoms with Gasteiger partial charge in [-0.15, -0.1) is 11.3 Å². The molecule has 0 bridgehead atoms. The number of thiophene rings is 1. The summed E-state index contributed by atoms with van der Waals surface area (Å²) in [4.78, 5) is 13.9. The summed E-state index contributed by atoms with van der Waals surface area (Å²) in [5, 5.41) is 8.59. The molecule has 5 heteroatoms. The van der Waals surface area contributed by atoms with Gasteiger partial charge in [0.25, 0.3) is 0 Å². The highest BCUT2D eigenvalue weighted by Crippen LogP contribution is 2.27. The molecule has 3 aromatic rings. The molecule has 2 atom stereocenters. The predicted molar refractivity (Wildman–Crippen MR) is 119 cm³/mol. The molecule has 0 unspecified atom stereocenters. The molecule has 4 nitrogen and oxygen atoms in total. The minimum absolute atomic E-state index is 0.0114. The van der Waals surface area contributed by atoms with Crippen LogP contribution in [0.3, 0.4) is 0 Å². The summed E-state index contributed by atoms with van der Waals surface area (Å²) in [5.74, 6) is 0.788. The fourth-order valence-corrected chi connectivity index (χ4v) is 3.97. The van der Waals surface area contributed by atoms with Gasteiger partial charge in [0.05, 0.1) is 19.2 Å². The molecule has 0 spiro atoms. The van der Waals surface area contributed by atoms with Crippen molar-refractivity contribution in [3.63, 3.8) is 0 Å². The number of hydrogen-bond donors (Lipinski definition) is 2. The number of benzene rings is 2. The number of ether oxygens (including phenoxy) is 1. The normalized spacial score (nSPS) is 12.9. The SMILES string of the molecule is CCc1ccc([C@@H](N[C@@H](C)C(=O)NCc2ccc(OC)cc2)c2cccs2)cc1. The van der Waals surface area contributed by atoms with Crippen LogP contribution in [0.15, 0.2) is 66.0 Å². The van der Waals surface area contributed by atoms with Crippen LogP contribution in [0.25, 0.3) is 0 Å². The average molecular weight is 409 g/mol. The number of carbonyl (C=O) groups is 1. The maximum Gasteiger partial charge on any atom is 0.237 e. The Balaban J connectivity index is 1.65. The van der Waals surface area contributed by atoms with E-state index < -0.39 is 0 Å². The lowest BCUT2D eigenvalue weighted by Gasteiger charge is -2.23. The van der Waals surface area contributed by atoms with Crippen molar-refractivity contribution in [2.75, 3.05) is 7.11 Å². The molecule has 1 amide bonds. The van der Waals surface area contributed by atoms with Gasteiger partial charge in [-0.05, 0) is 53.6 Å². The van der Waals surface area contributed by atoms with E-state index in [2.05, 4.69) is 53.3 Å². The van der Waals surface area contributed by atoms with Gasteiger partial charge in [-0.3, -0.25) is 10.1 Å². The summed E-state index contributed by atoms with van der Waals surface area (Å²) in [7, 11) is 1.64. The molecule has 0 saturated heterocycles. The fraction of sp³-hybridized carbons (Fsp3) is 0.292. The van der Waals surface area contributed by atoms with E-state index in [1.165, 1.54) is 16.0 Å². The van der Waals surface area contributed by atoms with Crippen molar-refractivity contribution in [2.24, 2.45) is 0 Å². The highest BCUT2D eigenvalue weighted by Gasteiger charge is 2.21. The van der Waals surface area contributed by atoms with E-state index in [-0.39, 0.29) is 18.0 Å². The first-order valence-electron chi connectivity index (χ1n) is 9.89. The number of amides is 1. The van der Waals surface area contributed by atoms with Gasteiger partial charge in [-0.1, -0.05) is 49.4 Å². The lowest BCUT2D eigenvalue weighted by Crippen LogP contribution is -2.43. The van der Waals surface area contributed by atoms with E-state index in [0.717, 1.165) is 17.7 Å². The van der Waals surface area contributed by atoms with Crippen molar-refractivity contribution >= 4 is 17.2 Å². The molecular formula is C24H28N2O2S. The van der Waals surface area contributed by atoms with Crippen molar-refractivity contribution in [1.29, 1.82) is 0 Å². The van der Waals surface area contributed by atoms with Crippen LogP contribution in [0.5, 0.6) is 5.75 Å². The highest BCUT2D eigenvalue weighted by atomic mass is 32.1. The number of hydrogen-bond acceptors (Lipinski definition) is 4. The van der Waals surface area contributed by atoms with Crippen molar-refractivity contribution < 1.29 is 9.53 Å². The Kier molecular flexibility index (Phi) is 7.44. The lowest BCUT2D eigenvalue weighted by atomic mass is 10.0. The van der Waals surface area contributed by atoms with Gasteiger partial charge in [-0.25, -0.2) is 0 Å². The van der Waals surface area contributed by atoms with E-state index in [0.29, 0.717) is 6.54 Å². The van der Waals surface area contributed by atoms with Gasteiger partial charge in [0.1, 0.15) is 5.75 Å². The number of aryl methyl sites for hydroxylation is 1. The van der Waals surface area contributed by atoms with Gasteiger partial charge in [-0.2, -0.15) is 0 Å². The molecule has 1 aromatic heterocycles. The molecule has 0 aliphatic rings. The molecule has 2 aromatic carbocycles. The molecule has 0 radical (unpaired) electrons. The van der Waals surface area contributed by atoms with E-state index in [9.17, 15) is 4.79 Å². The Bertz CT molecular complexity index is 890. The summed E-state index contributed by atoms with van der Waals surface area (Å²) in [6.45, 7) is 4.55. The minimum Gasteiger partial charge on any atom is -0.497 e. The second-order valence-electron chi connectivity index (χ2n) is 7.00. The third-order valence-corrected chi connectivity index (χ3v) is 5.92. The molecule has 2 N–H and O–H groups in total. The van der Waals surface area contributed by atoms with Crippen LogP contribution in [-0.4, -0.2) is 19.1 Å². The fourth-order valence-electron chi connectivity index (χ4n) is 3.16. The first-order valence-corrected chi connectivity index (χ1v) is 10.8. The minimum atomic E-state index is -0.328. The van der Waals surface area contributed by atoms with Crippen molar-refractivity contribution in [3.05, 3.63) is 87.6 Å². The summed E-state index contributed by atoms with van der Waals surface area (Å²) in [6, 6.07) is 20.2. The average Bonchev–Trinajstić information content (AvgIpc) is 3.30. The summed E-state index contributed by atoms with van der Waals surface area (Å²) < 4.78 is 5.17. The lowest BCUT2D eigenvalue weighted by molar-refractivity contribution is -0.123. The molecule has 0 saturated carbocycles. The first kappa shape index (κ1) is 21.1. The van der Waals surface area contributed by atoms with Crippen LogP contribution in [0.1, 0.15) is 41.5 Å². The molecule has 3 rings (SSSR count). The van der Waals surface area contributed by atoms with Crippen LogP contribution in [-0.2, 0) is 17.8 Å². The maximum atomic E-state index is 12.7. The molecule has 152 valence electrons. The molecule has 0 fully saturated rings. The van der Waals surface area contributed by atoms with E-state index >= 15 is 0 Å². The number of methoxy groups -OCH3 is 1. The van der Waals surface area contributed by atoms with Gasteiger partial charge in [0.15, 0.2) is 0 Å². The standard InChI is InChI=1S/C24H28N2O2S/c1-4-18-7-11-20(12-8-18)23(22-6-5-15-29-22)26-17(2)24(27)25-16-19-9-13-21(28-3)14-10-19/h5-15,17,23,26H,4,16H2,1-3H3,(H,25,27)/t17-,23+/m0/s1. The van der Waals surface area contributed by atoms with Crippen LogP contribution in [0.2, 0.25) is 0 Å². The van der Waals surface area contributed by atoms with E-state index in [4.69, 9.17) is 4.74 Å². The Labute approximate surface area is 176 Å². The monoisotopic (exact) mass is 408 g/mol. The topological polar surface area (TPSA) is 50.4 Å². The van der Waals surface area contributed by atoms with Crippen LogP contribution >= 0.6 is 11.3 Å². The van der Waals surface area contributed by atoms with Crippen molar-refractivity contribution in [2.45, 2.75) is 38.9 Å². The highest BCUT2D eigenvalue weighted by molar-refractivity contribution is 7.10. The number of nitrogens with one attached hydrogen (secondary N) is 2. The molecular weight excluding hydrogens is 380 g/mol. The van der Waals surface area contributed by atoms with E-state index in [1.54, 1.807) is 18.4 Å². The zero-order valence-corrected chi connectivity index (χ0v) is 18.0. The third kappa shape index (κ3) is 5.68. The predicted octanol–water partition coefficient (Wildman–Crippen LogP) is 4.70. The molecule has 1 heterocycles. The van der Waals surface area contributed by atoms with E-state index in [1.807, 2.05) is 37.3 Å². The zero-order valence-electron chi connectivity index (χ0n) is 17.1. The molecule has 29 heavy (non-hydrogen) atoms. The Morgan fingerprint density at radius 2 is 1.72 bits per heavy atom. The van der Waals surface area contributed by atoms with Crippen LogP contribution in [0.4, 0.5) is 0 Å². The molecule has 0 aliphatic heterocycles. The van der Waals surface area contributed by atoms with Gasteiger partial charge in [0, 0.05) is 11.4 Å². The number of carbonyl (C=O) groups excluding carboxylic acids is 1. The Morgan fingerprint density at radius 3 is 2.31 bits per heavy atom. The quantitative estimate of drug-likeness (QED) is 0.539. The Morgan fingerprint density at radius 1 is 1.03 bits per heavy atom. The summed E-state index contributed by atoms with van der Waals surface area (Å²) in [6.07, 6.45) is 1.02. The van der Waals surface area contributed by atoms with Crippen molar-refractivity contribution in [3.8, 4) is 5.75 Å². The van der Waals surface area contributed by atoms with Crippen molar-refractivity contribution in [1.82, 2.24) is 10.6 Å². The summed E-state index contributed by atoms with van der Waals surface area (Å²) in [5.41, 5.74) is 3.51. The van der Waals surface area contributed by atoms with Gasteiger partial charge < -0.3 is 10.1 Å². The Hall–Kier alpha value is -2.63. The molecule has 0 aliphatic carbocycles. The smallest absolute Gasteiger partial charge is 0.237 e. The largest absolute Gasteiger partial charge is 0.497 e. The summed E-state index contributed by atoms with van der Waals surface area (Å²) >= 11 is 1.70. The second kappa shape index (κ2) is 10.2. The maximum absolute atomic E-state index is 12.7. The van der Waals surface area contributed by atoms with Crippen LogP contribution < -0.4 is 15.4 Å². The number of rotatable bonds is 9. The third-order valence-electron chi connectivity index (χ3n) is 4.98.